The molecular formula is C25H29N3O5. The molecule has 1 fully saturated rings. The lowest BCUT2D eigenvalue weighted by molar-refractivity contribution is -0.142. The molecular weight excluding hydrogens is 422 g/mol. The first-order valence-electron chi connectivity index (χ1n) is 11.1. The summed E-state index contributed by atoms with van der Waals surface area (Å²) in [4.78, 5) is 38.6. The van der Waals surface area contributed by atoms with Crippen LogP contribution >= 0.6 is 0 Å². The summed E-state index contributed by atoms with van der Waals surface area (Å²) in [6.07, 6.45) is 0.920. The van der Waals surface area contributed by atoms with Gasteiger partial charge in [-0.1, -0.05) is 48.5 Å². The Labute approximate surface area is 192 Å². The van der Waals surface area contributed by atoms with Gasteiger partial charge in [-0.25, -0.2) is 9.59 Å². The molecule has 2 aliphatic rings. The Bertz CT molecular complexity index is 1000. The normalized spacial score (nSPS) is 16.5. The molecule has 0 saturated heterocycles. The molecule has 2 atom stereocenters. The third-order valence-corrected chi connectivity index (χ3v) is 6.16. The Morgan fingerprint density at radius 2 is 1.58 bits per heavy atom. The van der Waals surface area contributed by atoms with E-state index in [2.05, 4.69) is 22.8 Å². The van der Waals surface area contributed by atoms with Crippen LogP contribution in [0.3, 0.4) is 0 Å². The van der Waals surface area contributed by atoms with Crippen LogP contribution in [0.2, 0.25) is 0 Å². The summed E-state index contributed by atoms with van der Waals surface area (Å²) in [6, 6.07) is 14.3. The number of nitrogens with one attached hydrogen (secondary N) is 2. The average Bonchev–Trinajstić information content (AvgIpc) is 3.57. The first kappa shape index (κ1) is 22.8. The fourth-order valence-corrected chi connectivity index (χ4v) is 4.41. The number of carbonyl (C=O) groups excluding carboxylic acids is 2. The zero-order chi connectivity index (χ0) is 23.5. The van der Waals surface area contributed by atoms with E-state index in [0.717, 1.165) is 35.1 Å². The Kier molecular flexibility index (Phi) is 6.65. The van der Waals surface area contributed by atoms with Gasteiger partial charge in [0, 0.05) is 12.5 Å². The van der Waals surface area contributed by atoms with Crippen LogP contribution in [0, 0.1) is 5.92 Å². The molecule has 0 aromatic heterocycles. The second-order valence-corrected chi connectivity index (χ2v) is 8.95. The summed E-state index contributed by atoms with van der Waals surface area (Å²) in [5, 5.41) is 14.6. The highest BCUT2D eigenvalue weighted by Gasteiger charge is 2.39. The van der Waals surface area contributed by atoms with Gasteiger partial charge in [0.15, 0.2) is 0 Å². The minimum atomic E-state index is -1.12. The summed E-state index contributed by atoms with van der Waals surface area (Å²) < 4.78 is 5.56. The number of likely N-dealkylation sites (N-methyl/N-ethyl adjacent to an activating group) is 1. The molecule has 0 heterocycles. The molecule has 3 N–H and O–H groups in total. The van der Waals surface area contributed by atoms with Gasteiger partial charge >= 0.3 is 12.1 Å². The van der Waals surface area contributed by atoms with Gasteiger partial charge in [0.2, 0.25) is 5.91 Å². The van der Waals surface area contributed by atoms with Crippen molar-refractivity contribution in [3.05, 3.63) is 59.7 Å². The Hall–Kier alpha value is -3.39. The zero-order valence-corrected chi connectivity index (χ0v) is 18.8. The van der Waals surface area contributed by atoms with Gasteiger partial charge in [-0.05, 0) is 55.1 Å². The van der Waals surface area contributed by atoms with E-state index < -0.39 is 30.1 Å². The zero-order valence-electron chi connectivity index (χ0n) is 18.8. The number of alkyl carbamates (subject to hydrolysis) is 1. The molecule has 0 aliphatic heterocycles. The van der Waals surface area contributed by atoms with Crippen molar-refractivity contribution >= 4 is 18.0 Å². The van der Waals surface area contributed by atoms with Gasteiger partial charge in [0.1, 0.15) is 18.7 Å². The van der Waals surface area contributed by atoms with Crippen molar-refractivity contribution in [1.29, 1.82) is 0 Å². The number of carboxylic acids is 1. The highest BCUT2D eigenvalue weighted by atomic mass is 16.5. The van der Waals surface area contributed by atoms with Crippen LogP contribution in [-0.4, -0.2) is 67.3 Å². The van der Waals surface area contributed by atoms with E-state index in [-0.39, 0.29) is 25.0 Å². The first-order chi connectivity index (χ1) is 15.8. The molecule has 0 radical (unpaired) electrons. The minimum Gasteiger partial charge on any atom is -0.480 e. The number of rotatable bonds is 9. The number of ether oxygens (including phenoxy) is 1. The van der Waals surface area contributed by atoms with E-state index in [1.807, 2.05) is 36.4 Å². The van der Waals surface area contributed by atoms with E-state index in [1.54, 1.807) is 19.0 Å². The van der Waals surface area contributed by atoms with Crippen molar-refractivity contribution < 1.29 is 24.2 Å². The highest BCUT2D eigenvalue weighted by molar-refractivity contribution is 5.90. The van der Waals surface area contributed by atoms with Crippen molar-refractivity contribution in [3.8, 4) is 11.1 Å². The average molecular weight is 452 g/mol. The molecule has 2 aromatic rings. The maximum absolute atomic E-state index is 12.8. The third-order valence-electron chi connectivity index (χ3n) is 6.16. The maximum atomic E-state index is 12.8. The van der Waals surface area contributed by atoms with E-state index in [4.69, 9.17) is 4.74 Å². The lowest BCUT2D eigenvalue weighted by Crippen LogP contribution is -2.55. The van der Waals surface area contributed by atoms with Crippen LogP contribution in [0.4, 0.5) is 4.79 Å². The van der Waals surface area contributed by atoms with Crippen LogP contribution in [0.15, 0.2) is 48.5 Å². The Morgan fingerprint density at radius 3 is 2.09 bits per heavy atom. The molecule has 33 heavy (non-hydrogen) atoms. The smallest absolute Gasteiger partial charge is 0.407 e. The molecule has 0 spiro atoms. The number of carboxylic acid groups (broad SMARTS) is 1. The second kappa shape index (κ2) is 9.62. The summed E-state index contributed by atoms with van der Waals surface area (Å²) >= 11 is 0. The van der Waals surface area contributed by atoms with Crippen LogP contribution in [0.25, 0.3) is 11.1 Å². The Balaban J connectivity index is 1.39. The van der Waals surface area contributed by atoms with Crippen molar-refractivity contribution in [1.82, 2.24) is 15.5 Å². The minimum absolute atomic E-state index is 0.0146. The molecule has 8 nitrogen and oxygen atoms in total. The molecule has 2 unspecified atom stereocenters. The number of carbonyl (C=O) groups is 3. The molecule has 2 aromatic carbocycles. The first-order valence-corrected chi connectivity index (χ1v) is 11.1. The molecule has 4 rings (SSSR count). The Morgan fingerprint density at radius 1 is 1.00 bits per heavy atom. The molecule has 2 aliphatic carbocycles. The lowest BCUT2D eigenvalue weighted by atomic mass is 9.98. The van der Waals surface area contributed by atoms with Crippen molar-refractivity contribution in [2.45, 2.75) is 30.8 Å². The molecule has 2 amide bonds. The van der Waals surface area contributed by atoms with Gasteiger partial charge in [-0.2, -0.15) is 0 Å². The molecule has 1 saturated carbocycles. The van der Waals surface area contributed by atoms with Gasteiger partial charge < -0.3 is 25.4 Å². The summed E-state index contributed by atoms with van der Waals surface area (Å²) in [7, 11) is 3.46. The number of amides is 2. The van der Waals surface area contributed by atoms with Crippen LogP contribution in [-0.2, 0) is 14.3 Å². The SMILES string of the molecule is CN(C)CC(NC(=O)C(NC(=O)OCC1c2ccccc2-c2ccccc21)C1CC1)C(=O)O. The topological polar surface area (TPSA) is 108 Å². The van der Waals surface area contributed by atoms with Gasteiger partial charge in [-0.15, -0.1) is 0 Å². The van der Waals surface area contributed by atoms with Crippen molar-refractivity contribution in [2.75, 3.05) is 27.2 Å². The predicted octanol–water partition coefficient (Wildman–Crippen LogP) is 2.43. The summed E-state index contributed by atoms with van der Waals surface area (Å²) in [5.41, 5.74) is 4.49. The van der Waals surface area contributed by atoms with Gasteiger partial charge in [0.25, 0.3) is 0 Å². The largest absolute Gasteiger partial charge is 0.480 e. The number of nitrogens with zero attached hydrogens (tertiary/aromatic N) is 1. The summed E-state index contributed by atoms with van der Waals surface area (Å²) in [6.45, 7) is 0.306. The summed E-state index contributed by atoms with van der Waals surface area (Å²) in [5.74, 6) is -1.71. The highest BCUT2D eigenvalue weighted by Crippen LogP contribution is 2.44. The van der Waals surface area contributed by atoms with E-state index in [9.17, 15) is 19.5 Å². The number of hydrogen-bond donors (Lipinski definition) is 3. The maximum Gasteiger partial charge on any atom is 0.407 e. The number of hydrogen-bond acceptors (Lipinski definition) is 5. The quantitative estimate of drug-likeness (QED) is 0.541. The standard InChI is InChI=1S/C25H29N3O5/c1-28(2)13-21(24(30)31)26-23(29)22(15-11-12-15)27-25(32)33-14-20-18-9-5-3-7-16(18)17-8-4-6-10-19(17)20/h3-10,15,20-22H,11-14H2,1-2H3,(H,26,29)(H,27,32)(H,30,31). The van der Waals surface area contributed by atoms with Crippen LogP contribution in [0.5, 0.6) is 0 Å². The molecule has 8 heteroatoms. The fourth-order valence-electron chi connectivity index (χ4n) is 4.41. The van der Waals surface area contributed by atoms with E-state index in [0.29, 0.717) is 0 Å². The van der Waals surface area contributed by atoms with Crippen molar-refractivity contribution in [3.63, 3.8) is 0 Å². The predicted molar refractivity (Wildman–Crippen MR) is 123 cm³/mol. The lowest BCUT2D eigenvalue weighted by Gasteiger charge is -2.23. The van der Waals surface area contributed by atoms with Gasteiger partial charge in [0.05, 0.1) is 0 Å². The molecule has 174 valence electrons. The van der Waals surface area contributed by atoms with Crippen LogP contribution in [0.1, 0.15) is 29.9 Å². The fraction of sp³-hybridized carbons (Fsp3) is 0.400. The number of fused-ring (bicyclic) bond motifs is 3. The van der Waals surface area contributed by atoms with E-state index in [1.165, 1.54) is 0 Å². The monoisotopic (exact) mass is 451 g/mol. The number of benzene rings is 2. The second-order valence-electron chi connectivity index (χ2n) is 8.95. The molecule has 0 bridgehead atoms. The van der Waals surface area contributed by atoms with Crippen LogP contribution < -0.4 is 10.6 Å². The van der Waals surface area contributed by atoms with E-state index >= 15 is 0 Å². The van der Waals surface area contributed by atoms with Crippen molar-refractivity contribution in [2.24, 2.45) is 5.92 Å². The van der Waals surface area contributed by atoms with Gasteiger partial charge in [-0.3, -0.25) is 4.79 Å². The third kappa shape index (κ3) is 5.17. The number of aliphatic carboxylic acids is 1.